The molecule has 2 aromatic carbocycles. The first-order valence-electron chi connectivity index (χ1n) is 5.51. The predicted molar refractivity (Wildman–Crippen MR) is 72.8 cm³/mol. The maximum Gasteiger partial charge on any atom is 0.129 e. The minimum Gasteiger partial charge on any atom is -0.207 e. The highest BCUT2D eigenvalue weighted by Gasteiger charge is 2.20. The fourth-order valence-electron chi connectivity index (χ4n) is 1.82. The minimum absolute atomic E-state index is 0.125. The zero-order chi connectivity index (χ0) is 14.0. The van der Waals surface area contributed by atoms with Gasteiger partial charge in [-0.2, -0.15) is 0 Å². The summed E-state index contributed by atoms with van der Waals surface area (Å²) in [4.78, 5) is 0. The third kappa shape index (κ3) is 3.12. The fraction of sp³-hybridized carbons (Fsp3) is 0.143. The molecule has 0 bridgehead atoms. The molecule has 2 aromatic rings. The van der Waals surface area contributed by atoms with E-state index in [1.54, 1.807) is 6.07 Å². The summed E-state index contributed by atoms with van der Waals surface area (Å²) in [5, 5.41) is -0.859. The van der Waals surface area contributed by atoms with E-state index in [-0.39, 0.29) is 17.5 Å². The van der Waals surface area contributed by atoms with Gasteiger partial charge in [0.15, 0.2) is 0 Å². The Kier molecular flexibility index (Phi) is 4.53. The molecule has 0 aliphatic rings. The SMILES string of the molecule is Fc1cccc(F)c1CC(Cl)c1c(F)cccc1Br. The standard InChI is InChI=1S/C14H9BrClF3/c15-9-3-1-6-13(19)14(9)10(16)7-8-11(17)4-2-5-12(8)18/h1-6,10H,7H2. The highest BCUT2D eigenvalue weighted by Crippen LogP contribution is 2.34. The summed E-state index contributed by atoms with van der Waals surface area (Å²) in [7, 11) is 0. The molecule has 0 nitrogen and oxygen atoms in total. The van der Waals surface area contributed by atoms with Crippen molar-refractivity contribution in [2.45, 2.75) is 11.8 Å². The molecule has 0 heterocycles. The lowest BCUT2D eigenvalue weighted by Crippen LogP contribution is -2.04. The summed E-state index contributed by atoms with van der Waals surface area (Å²) in [6, 6.07) is 7.99. The molecule has 0 amide bonds. The van der Waals surface area contributed by atoms with Gasteiger partial charge in [-0.25, -0.2) is 13.2 Å². The Morgan fingerprint density at radius 1 is 0.947 bits per heavy atom. The van der Waals surface area contributed by atoms with Crippen molar-refractivity contribution in [2.24, 2.45) is 0 Å². The normalized spacial score (nSPS) is 12.5. The molecule has 1 unspecified atom stereocenters. The van der Waals surface area contributed by atoms with Crippen LogP contribution < -0.4 is 0 Å². The van der Waals surface area contributed by atoms with Crippen LogP contribution in [0.4, 0.5) is 13.2 Å². The third-order valence-corrected chi connectivity index (χ3v) is 3.82. The van der Waals surface area contributed by atoms with Gasteiger partial charge in [-0.1, -0.05) is 28.1 Å². The van der Waals surface area contributed by atoms with Crippen LogP contribution in [0, 0.1) is 17.5 Å². The summed E-state index contributed by atoms with van der Waals surface area (Å²) in [5.41, 5.74) is 0.0597. The largest absolute Gasteiger partial charge is 0.207 e. The van der Waals surface area contributed by atoms with Crippen LogP contribution >= 0.6 is 27.5 Å². The topological polar surface area (TPSA) is 0 Å². The molecule has 0 aromatic heterocycles. The lowest BCUT2D eigenvalue weighted by Gasteiger charge is -2.14. The number of hydrogen-bond donors (Lipinski definition) is 0. The minimum atomic E-state index is -0.859. The molecule has 0 spiro atoms. The van der Waals surface area contributed by atoms with E-state index in [0.717, 1.165) is 12.1 Å². The summed E-state index contributed by atoms with van der Waals surface area (Å²) in [5.74, 6) is -1.87. The van der Waals surface area contributed by atoms with Crippen LogP contribution in [-0.4, -0.2) is 0 Å². The van der Waals surface area contributed by atoms with Crippen molar-refractivity contribution >= 4 is 27.5 Å². The number of hydrogen-bond acceptors (Lipinski definition) is 0. The van der Waals surface area contributed by atoms with Gasteiger partial charge in [0, 0.05) is 15.6 Å². The first-order chi connectivity index (χ1) is 9.00. The van der Waals surface area contributed by atoms with E-state index in [1.165, 1.54) is 18.2 Å². The Balaban J connectivity index is 2.34. The van der Waals surface area contributed by atoms with Gasteiger partial charge in [0.1, 0.15) is 17.5 Å². The highest BCUT2D eigenvalue weighted by molar-refractivity contribution is 9.10. The maximum absolute atomic E-state index is 13.7. The van der Waals surface area contributed by atoms with Crippen molar-refractivity contribution in [3.63, 3.8) is 0 Å². The quantitative estimate of drug-likeness (QED) is 0.652. The first-order valence-corrected chi connectivity index (χ1v) is 6.74. The average Bonchev–Trinajstić information content (AvgIpc) is 2.34. The summed E-state index contributed by atoms with van der Waals surface area (Å²) in [6.45, 7) is 0. The molecule has 100 valence electrons. The van der Waals surface area contributed by atoms with Gasteiger partial charge in [0.05, 0.1) is 5.38 Å². The second-order valence-corrected chi connectivity index (χ2v) is 5.39. The van der Waals surface area contributed by atoms with Gasteiger partial charge in [-0.15, -0.1) is 11.6 Å². The van der Waals surface area contributed by atoms with Crippen LogP contribution in [0.1, 0.15) is 16.5 Å². The number of benzene rings is 2. The zero-order valence-corrected chi connectivity index (χ0v) is 12.0. The van der Waals surface area contributed by atoms with Crippen LogP contribution in [0.25, 0.3) is 0 Å². The number of halogens is 5. The first kappa shape index (κ1) is 14.4. The molecule has 0 saturated carbocycles. The Morgan fingerprint density at radius 3 is 2.05 bits per heavy atom. The van der Waals surface area contributed by atoms with E-state index in [2.05, 4.69) is 15.9 Å². The van der Waals surface area contributed by atoms with Crippen LogP contribution in [0.15, 0.2) is 40.9 Å². The Morgan fingerprint density at radius 2 is 1.47 bits per heavy atom. The van der Waals surface area contributed by atoms with Crippen molar-refractivity contribution < 1.29 is 13.2 Å². The molecule has 0 saturated heterocycles. The smallest absolute Gasteiger partial charge is 0.129 e. The number of rotatable bonds is 3. The molecule has 0 aliphatic carbocycles. The van der Waals surface area contributed by atoms with Crippen molar-refractivity contribution in [3.05, 3.63) is 69.4 Å². The van der Waals surface area contributed by atoms with Gasteiger partial charge in [-0.3, -0.25) is 0 Å². The van der Waals surface area contributed by atoms with E-state index in [4.69, 9.17) is 11.6 Å². The second-order valence-electron chi connectivity index (χ2n) is 4.01. The summed E-state index contributed by atoms with van der Waals surface area (Å²) < 4.78 is 41.2. The zero-order valence-electron chi connectivity index (χ0n) is 9.64. The monoisotopic (exact) mass is 348 g/mol. The Hall–Kier alpha value is -1.00. The summed E-state index contributed by atoms with van der Waals surface area (Å²) >= 11 is 9.28. The molecule has 1 atom stereocenters. The van der Waals surface area contributed by atoms with Crippen LogP contribution in [0.2, 0.25) is 0 Å². The molecule has 0 N–H and O–H groups in total. The second kappa shape index (κ2) is 5.97. The fourth-order valence-corrected chi connectivity index (χ4v) is 2.94. The van der Waals surface area contributed by atoms with Gasteiger partial charge in [-0.05, 0) is 30.7 Å². The molecular weight excluding hydrogens is 341 g/mol. The molecule has 0 aliphatic heterocycles. The van der Waals surface area contributed by atoms with Crippen LogP contribution in [0.5, 0.6) is 0 Å². The molecule has 19 heavy (non-hydrogen) atoms. The molecule has 2 rings (SSSR count). The molecule has 5 heteroatoms. The van der Waals surface area contributed by atoms with Gasteiger partial charge >= 0.3 is 0 Å². The Labute approximate surface area is 122 Å². The van der Waals surface area contributed by atoms with E-state index in [1.807, 2.05) is 0 Å². The van der Waals surface area contributed by atoms with Crippen molar-refractivity contribution in [1.29, 1.82) is 0 Å². The van der Waals surface area contributed by atoms with E-state index in [9.17, 15) is 13.2 Å². The van der Waals surface area contributed by atoms with E-state index in [0.29, 0.717) is 4.47 Å². The predicted octanol–water partition coefficient (Wildman–Crippen LogP) is 5.39. The van der Waals surface area contributed by atoms with E-state index < -0.39 is 22.8 Å². The van der Waals surface area contributed by atoms with Crippen LogP contribution in [-0.2, 0) is 6.42 Å². The molecule has 0 fully saturated rings. The summed E-state index contributed by atoms with van der Waals surface area (Å²) in [6.07, 6.45) is -0.125. The van der Waals surface area contributed by atoms with Crippen molar-refractivity contribution in [3.8, 4) is 0 Å². The van der Waals surface area contributed by atoms with Gasteiger partial charge in [0.2, 0.25) is 0 Å². The van der Waals surface area contributed by atoms with Crippen molar-refractivity contribution in [1.82, 2.24) is 0 Å². The maximum atomic E-state index is 13.7. The van der Waals surface area contributed by atoms with Crippen molar-refractivity contribution in [2.75, 3.05) is 0 Å². The average molecular weight is 350 g/mol. The molecule has 0 radical (unpaired) electrons. The third-order valence-electron chi connectivity index (χ3n) is 2.76. The Bertz CT molecular complexity index is 561. The van der Waals surface area contributed by atoms with E-state index >= 15 is 0 Å². The van der Waals surface area contributed by atoms with Crippen LogP contribution in [0.3, 0.4) is 0 Å². The highest BCUT2D eigenvalue weighted by atomic mass is 79.9. The van der Waals surface area contributed by atoms with Gasteiger partial charge in [0.25, 0.3) is 0 Å². The van der Waals surface area contributed by atoms with Gasteiger partial charge < -0.3 is 0 Å². The number of alkyl halides is 1. The lowest BCUT2D eigenvalue weighted by molar-refractivity contribution is 0.548. The molecular formula is C14H9BrClF3. The lowest BCUT2D eigenvalue weighted by atomic mass is 10.0.